The SMILES string of the molecule is CC(=O)NC1CCC[C@@H](C(=O)Nc2cc(-c3cnn4c3CC(C)(C)C4)c(Cl)cn2)C1. The first-order chi connectivity index (χ1) is 14.2. The number of carbonyl (C=O) groups is 2. The number of aromatic nitrogens is 3. The molecule has 2 aromatic heterocycles. The van der Waals surface area contributed by atoms with Gasteiger partial charge in [-0.2, -0.15) is 5.10 Å². The first-order valence-electron chi connectivity index (χ1n) is 10.5. The highest BCUT2D eigenvalue weighted by Crippen LogP contribution is 2.39. The van der Waals surface area contributed by atoms with Gasteiger partial charge in [-0.15, -0.1) is 0 Å². The summed E-state index contributed by atoms with van der Waals surface area (Å²) >= 11 is 6.46. The molecule has 0 bridgehead atoms. The first kappa shape index (κ1) is 20.8. The quantitative estimate of drug-likeness (QED) is 0.773. The monoisotopic (exact) mass is 429 g/mol. The maximum absolute atomic E-state index is 12.8. The summed E-state index contributed by atoms with van der Waals surface area (Å²) < 4.78 is 2.04. The highest BCUT2D eigenvalue weighted by molar-refractivity contribution is 6.33. The van der Waals surface area contributed by atoms with Gasteiger partial charge in [0.25, 0.3) is 0 Å². The molecule has 1 unspecified atom stereocenters. The van der Waals surface area contributed by atoms with Gasteiger partial charge in [-0.3, -0.25) is 14.3 Å². The minimum absolute atomic E-state index is 0.0537. The third kappa shape index (κ3) is 4.36. The van der Waals surface area contributed by atoms with Crippen molar-refractivity contribution < 1.29 is 9.59 Å². The fourth-order valence-corrected chi connectivity index (χ4v) is 4.87. The number of anilines is 1. The van der Waals surface area contributed by atoms with Crippen molar-refractivity contribution in [3.05, 3.63) is 29.2 Å². The molecule has 8 heteroatoms. The smallest absolute Gasteiger partial charge is 0.228 e. The van der Waals surface area contributed by atoms with E-state index in [4.69, 9.17) is 11.6 Å². The molecule has 3 heterocycles. The van der Waals surface area contributed by atoms with Crippen LogP contribution in [-0.4, -0.2) is 32.6 Å². The van der Waals surface area contributed by atoms with Gasteiger partial charge in [-0.25, -0.2) is 4.98 Å². The molecule has 2 aliphatic rings. The average molecular weight is 430 g/mol. The molecular formula is C22H28ClN5O2. The molecule has 2 aromatic rings. The molecule has 2 atom stereocenters. The molecule has 1 aliphatic heterocycles. The predicted octanol–water partition coefficient (Wildman–Crippen LogP) is 3.81. The van der Waals surface area contributed by atoms with Gasteiger partial charge in [0.2, 0.25) is 11.8 Å². The molecule has 4 rings (SSSR count). The number of pyridine rings is 1. The van der Waals surface area contributed by atoms with Gasteiger partial charge in [-0.1, -0.05) is 31.9 Å². The van der Waals surface area contributed by atoms with Crippen molar-refractivity contribution in [1.82, 2.24) is 20.1 Å². The highest BCUT2D eigenvalue weighted by atomic mass is 35.5. The van der Waals surface area contributed by atoms with Crippen LogP contribution in [0.5, 0.6) is 0 Å². The number of fused-ring (bicyclic) bond motifs is 1. The van der Waals surface area contributed by atoms with E-state index < -0.39 is 0 Å². The Morgan fingerprint density at radius 3 is 2.80 bits per heavy atom. The fraction of sp³-hybridized carbons (Fsp3) is 0.545. The van der Waals surface area contributed by atoms with E-state index in [-0.39, 0.29) is 29.2 Å². The standard InChI is InChI=1S/C22H28ClN5O2/c1-13(29)26-15-6-4-5-14(7-15)21(30)27-20-8-16(18(23)11-24-20)17-10-25-28-12-22(2,3)9-19(17)28/h8,10-11,14-15H,4-7,9,12H2,1-3H3,(H,26,29)(H,24,27,30)/t14-,15?/m1/s1. The van der Waals surface area contributed by atoms with Crippen LogP contribution in [0.1, 0.15) is 52.1 Å². The molecule has 160 valence electrons. The summed E-state index contributed by atoms with van der Waals surface area (Å²) in [4.78, 5) is 28.5. The number of nitrogens with zero attached hydrogens (tertiary/aromatic N) is 3. The summed E-state index contributed by atoms with van der Waals surface area (Å²) in [5, 5.41) is 10.9. The van der Waals surface area contributed by atoms with Crippen LogP contribution < -0.4 is 10.6 Å². The fourth-order valence-electron chi connectivity index (χ4n) is 4.66. The zero-order chi connectivity index (χ0) is 21.5. The van der Waals surface area contributed by atoms with E-state index in [0.717, 1.165) is 49.0 Å². The van der Waals surface area contributed by atoms with Gasteiger partial charge in [-0.05, 0) is 37.2 Å². The van der Waals surface area contributed by atoms with Crippen molar-refractivity contribution in [2.45, 2.75) is 65.5 Å². The zero-order valence-electron chi connectivity index (χ0n) is 17.7. The number of rotatable bonds is 4. The summed E-state index contributed by atoms with van der Waals surface area (Å²) in [7, 11) is 0. The zero-order valence-corrected chi connectivity index (χ0v) is 18.4. The van der Waals surface area contributed by atoms with Crippen molar-refractivity contribution in [3.63, 3.8) is 0 Å². The van der Waals surface area contributed by atoms with E-state index in [1.54, 1.807) is 6.20 Å². The van der Waals surface area contributed by atoms with Crippen LogP contribution in [0.15, 0.2) is 18.5 Å². The molecule has 7 nitrogen and oxygen atoms in total. The minimum atomic E-state index is -0.141. The van der Waals surface area contributed by atoms with Crippen LogP contribution in [-0.2, 0) is 22.6 Å². The van der Waals surface area contributed by atoms with Gasteiger partial charge < -0.3 is 10.6 Å². The van der Waals surface area contributed by atoms with Crippen molar-refractivity contribution in [2.24, 2.45) is 11.3 Å². The molecule has 1 aliphatic carbocycles. The Balaban J connectivity index is 1.51. The lowest BCUT2D eigenvalue weighted by atomic mass is 9.85. The van der Waals surface area contributed by atoms with E-state index in [9.17, 15) is 9.59 Å². The molecule has 0 aromatic carbocycles. The summed E-state index contributed by atoms with van der Waals surface area (Å²) in [6.07, 6.45) is 7.65. The Morgan fingerprint density at radius 2 is 2.03 bits per heavy atom. The van der Waals surface area contributed by atoms with Gasteiger partial charge in [0, 0.05) is 48.4 Å². The van der Waals surface area contributed by atoms with Gasteiger partial charge in [0.15, 0.2) is 0 Å². The van der Waals surface area contributed by atoms with E-state index in [1.807, 2.05) is 16.9 Å². The van der Waals surface area contributed by atoms with Crippen molar-refractivity contribution in [1.29, 1.82) is 0 Å². The number of nitrogens with one attached hydrogen (secondary N) is 2. The second-order valence-electron chi connectivity index (χ2n) is 9.30. The van der Waals surface area contributed by atoms with Crippen LogP contribution in [0.2, 0.25) is 5.02 Å². The summed E-state index contributed by atoms with van der Waals surface area (Å²) in [6, 6.07) is 1.89. The normalized spacial score (nSPS) is 22.4. The molecular weight excluding hydrogens is 402 g/mol. The maximum atomic E-state index is 12.8. The average Bonchev–Trinajstić information content (AvgIpc) is 3.18. The van der Waals surface area contributed by atoms with Gasteiger partial charge >= 0.3 is 0 Å². The number of hydrogen-bond donors (Lipinski definition) is 2. The molecule has 0 radical (unpaired) electrons. The van der Waals surface area contributed by atoms with Crippen LogP contribution in [0.4, 0.5) is 5.82 Å². The number of halogens is 1. The Morgan fingerprint density at radius 1 is 1.23 bits per heavy atom. The molecule has 1 fully saturated rings. The molecule has 0 saturated heterocycles. The van der Waals surface area contributed by atoms with Gasteiger partial charge in [0.1, 0.15) is 5.82 Å². The third-order valence-electron chi connectivity index (χ3n) is 6.02. The molecule has 2 N–H and O–H groups in total. The lowest BCUT2D eigenvalue weighted by Crippen LogP contribution is -2.40. The van der Waals surface area contributed by atoms with Crippen molar-refractivity contribution in [3.8, 4) is 11.1 Å². The van der Waals surface area contributed by atoms with E-state index in [2.05, 4.69) is 34.6 Å². The van der Waals surface area contributed by atoms with E-state index >= 15 is 0 Å². The number of carbonyl (C=O) groups excluding carboxylic acids is 2. The molecule has 2 amide bonds. The summed E-state index contributed by atoms with van der Waals surface area (Å²) in [5.41, 5.74) is 3.16. The first-order valence-corrected chi connectivity index (χ1v) is 10.9. The van der Waals surface area contributed by atoms with Crippen LogP contribution in [0.3, 0.4) is 0 Å². The van der Waals surface area contributed by atoms with Gasteiger partial charge in [0.05, 0.1) is 11.2 Å². The van der Waals surface area contributed by atoms with E-state index in [1.165, 1.54) is 6.92 Å². The summed E-state index contributed by atoms with van der Waals surface area (Å²) in [6.45, 7) is 6.84. The lowest BCUT2D eigenvalue weighted by molar-refractivity contribution is -0.123. The topological polar surface area (TPSA) is 88.9 Å². The Labute approximate surface area is 181 Å². The van der Waals surface area contributed by atoms with Crippen molar-refractivity contribution in [2.75, 3.05) is 5.32 Å². The Kier molecular flexibility index (Phi) is 5.57. The third-order valence-corrected chi connectivity index (χ3v) is 6.32. The lowest BCUT2D eigenvalue weighted by Gasteiger charge is -2.28. The van der Waals surface area contributed by atoms with Crippen LogP contribution in [0.25, 0.3) is 11.1 Å². The minimum Gasteiger partial charge on any atom is -0.354 e. The maximum Gasteiger partial charge on any atom is 0.228 e. The highest BCUT2D eigenvalue weighted by Gasteiger charge is 2.32. The second kappa shape index (κ2) is 8.02. The number of amides is 2. The van der Waals surface area contributed by atoms with Crippen LogP contribution in [0, 0.1) is 11.3 Å². The summed E-state index contributed by atoms with van der Waals surface area (Å²) in [5.74, 6) is 0.227. The largest absolute Gasteiger partial charge is 0.354 e. The van der Waals surface area contributed by atoms with Crippen LogP contribution >= 0.6 is 11.6 Å². The predicted molar refractivity (Wildman–Crippen MR) is 116 cm³/mol. The van der Waals surface area contributed by atoms with E-state index in [0.29, 0.717) is 17.3 Å². The molecule has 1 saturated carbocycles. The van der Waals surface area contributed by atoms with Crippen molar-refractivity contribution >= 4 is 29.2 Å². The Hall–Kier alpha value is -2.41. The Bertz CT molecular complexity index is 984. The second-order valence-corrected chi connectivity index (χ2v) is 9.71. The number of hydrogen-bond acceptors (Lipinski definition) is 4. The molecule has 0 spiro atoms. The molecule has 30 heavy (non-hydrogen) atoms.